The number of nitrogens with zero attached hydrogens (tertiary/aromatic N) is 5. The number of hydrogen-bond donors (Lipinski definition) is 0. The van der Waals surface area contributed by atoms with Crippen LogP contribution in [-0.2, 0) is 45.7 Å². The van der Waals surface area contributed by atoms with Crippen molar-refractivity contribution < 1.29 is 28.5 Å². The first-order valence-electron chi connectivity index (χ1n) is 19.0. The predicted octanol–water partition coefficient (Wildman–Crippen LogP) is 8.68. The van der Waals surface area contributed by atoms with Crippen LogP contribution in [0.1, 0.15) is 63.2 Å². The van der Waals surface area contributed by atoms with E-state index in [9.17, 15) is 9.59 Å². The van der Waals surface area contributed by atoms with E-state index >= 15 is 0 Å². The van der Waals surface area contributed by atoms with Crippen LogP contribution in [-0.4, -0.2) is 79.3 Å². The monoisotopic (exact) mass is 879 g/mol. The van der Waals surface area contributed by atoms with E-state index in [2.05, 4.69) is 58.1 Å². The average Bonchev–Trinajstić information content (AvgIpc) is 3.69. The average molecular weight is 881 g/mol. The number of ether oxygens (including phenoxy) is 4. The van der Waals surface area contributed by atoms with Gasteiger partial charge in [0.15, 0.2) is 23.0 Å². The maximum atomic E-state index is 13.9. The fraction of sp³-hybridized carbons (Fsp3) is 0.318. The van der Waals surface area contributed by atoms with Gasteiger partial charge in [-0.15, -0.1) is 22.7 Å². The fourth-order valence-corrected chi connectivity index (χ4v) is 11.1. The number of hydrogen-bond acceptors (Lipinski definition) is 11. The number of benzene rings is 3. The highest BCUT2D eigenvalue weighted by molar-refractivity contribution is 9.11. The quantitative estimate of drug-likeness (QED) is 0.138. The van der Waals surface area contributed by atoms with Gasteiger partial charge in [-0.05, 0) is 95.1 Å². The first kappa shape index (κ1) is 38.5. The molecule has 0 fully saturated rings. The van der Waals surface area contributed by atoms with Crippen molar-refractivity contribution in [1.82, 2.24) is 14.7 Å². The van der Waals surface area contributed by atoms with Crippen LogP contribution in [0.3, 0.4) is 0 Å². The Balaban J connectivity index is 0.941. The van der Waals surface area contributed by atoms with Gasteiger partial charge in [0.1, 0.15) is 13.2 Å². The molecule has 2 atom stereocenters. The molecule has 5 aromatic rings. The van der Waals surface area contributed by atoms with Gasteiger partial charge in [0, 0.05) is 71.7 Å². The van der Waals surface area contributed by atoms with Gasteiger partial charge in [-0.25, -0.2) is 0 Å². The molecule has 4 aliphatic rings. The van der Waals surface area contributed by atoms with E-state index in [-0.39, 0.29) is 37.1 Å². The molecule has 0 N–H and O–H groups in total. The third kappa shape index (κ3) is 7.42. The summed E-state index contributed by atoms with van der Waals surface area (Å²) in [5.41, 5.74) is 7.44. The summed E-state index contributed by atoms with van der Waals surface area (Å²) >= 11 is 7.10. The van der Waals surface area contributed by atoms with Crippen molar-refractivity contribution >= 4 is 74.2 Å². The number of carbonyl (C=O) groups is 2. The van der Waals surface area contributed by atoms with Crippen LogP contribution in [0.5, 0.6) is 23.0 Å². The molecule has 0 aliphatic carbocycles. The van der Waals surface area contributed by atoms with Crippen molar-refractivity contribution in [3.63, 3.8) is 0 Å². The Morgan fingerprint density at radius 1 is 0.690 bits per heavy atom. The molecule has 0 bridgehead atoms. The lowest BCUT2D eigenvalue weighted by Gasteiger charge is -2.32. The zero-order valence-electron chi connectivity index (χ0n) is 32.8. The summed E-state index contributed by atoms with van der Waals surface area (Å²) in [4.78, 5) is 47.1. The van der Waals surface area contributed by atoms with E-state index in [1.54, 1.807) is 61.2 Å². The van der Waals surface area contributed by atoms with Gasteiger partial charge in [0.25, 0.3) is 11.8 Å². The van der Waals surface area contributed by atoms with Gasteiger partial charge in [-0.1, -0.05) is 12.1 Å². The first-order valence-corrected chi connectivity index (χ1v) is 21.5. The third-order valence-corrected chi connectivity index (χ3v) is 13.7. The topological polar surface area (TPSA) is 106 Å². The molecule has 9 rings (SSSR count). The Hall–Kier alpha value is -5.02. The van der Waals surface area contributed by atoms with Crippen LogP contribution in [0, 0.1) is 6.92 Å². The molecule has 4 aliphatic heterocycles. The molecule has 6 heterocycles. The largest absolute Gasteiger partial charge is 0.493 e. The summed E-state index contributed by atoms with van der Waals surface area (Å²) in [6.45, 7) is 4.40. The lowest BCUT2D eigenvalue weighted by molar-refractivity contribution is 0.0697. The summed E-state index contributed by atoms with van der Waals surface area (Å²) in [6, 6.07) is 17.4. The number of rotatable bonds is 10. The van der Waals surface area contributed by atoms with E-state index in [4.69, 9.17) is 28.9 Å². The summed E-state index contributed by atoms with van der Waals surface area (Å²) in [5, 5.41) is 0. The number of aryl methyl sites for hydroxylation is 1. The standard InChI is InChI=1S/C44H42BrN5O6S2/c1-24-6-28-20-49-30(11-40(28)57-24)17-46-34-15-38(36(53-4)13-32(34)43(49)51)55-22-26-7-25(19-48(2)3)8-27(9-26)23-56-39-16-35-33(14-37(39)54-5)44(52)50-21-29-10-42(45)58-41(29)12-31(50)18-47-35/h6-10,13-18,30-31H,11-12,19-23H2,1-5H3/t30-,31-/m0/s1. The second-order valence-corrected chi connectivity index (χ2v) is 19.1. The number of fused-ring (bicyclic) bond motifs is 6. The Labute approximate surface area is 353 Å². The molecular formula is C44H42BrN5O6S2. The number of methoxy groups -OCH3 is 2. The van der Waals surface area contributed by atoms with Crippen molar-refractivity contribution in [3.8, 4) is 23.0 Å². The van der Waals surface area contributed by atoms with Gasteiger partial charge in [0.2, 0.25) is 0 Å². The zero-order chi connectivity index (χ0) is 40.2. The number of aliphatic imine (C=N–C) groups is 2. The van der Waals surface area contributed by atoms with E-state index in [1.807, 2.05) is 36.3 Å². The van der Waals surface area contributed by atoms with Crippen LogP contribution in [0.25, 0.3) is 0 Å². The van der Waals surface area contributed by atoms with Crippen molar-refractivity contribution in [1.29, 1.82) is 0 Å². The third-order valence-electron chi connectivity index (χ3n) is 10.9. The van der Waals surface area contributed by atoms with Crippen molar-refractivity contribution in [2.75, 3.05) is 28.3 Å². The molecule has 58 heavy (non-hydrogen) atoms. The minimum Gasteiger partial charge on any atom is -0.493 e. The molecule has 0 saturated carbocycles. The zero-order valence-corrected chi connectivity index (χ0v) is 36.1. The highest BCUT2D eigenvalue weighted by Gasteiger charge is 2.36. The van der Waals surface area contributed by atoms with Crippen LogP contribution < -0.4 is 18.9 Å². The highest BCUT2D eigenvalue weighted by Crippen LogP contribution is 2.42. The fourth-order valence-electron chi connectivity index (χ4n) is 8.20. The Morgan fingerprint density at radius 3 is 1.71 bits per heavy atom. The van der Waals surface area contributed by atoms with E-state index in [1.165, 1.54) is 20.2 Å². The molecule has 298 valence electrons. The van der Waals surface area contributed by atoms with Crippen molar-refractivity contribution in [2.45, 2.75) is 64.7 Å². The number of carbonyl (C=O) groups excluding carboxylic acids is 2. The lowest BCUT2D eigenvalue weighted by atomic mass is 10.0. The number of amides is 2. The Kier molecular flexibility index (Phi) is 10.4. The van der Waals surface area contributed by atoms with Crippen LogP contribution >= 0.6 is 38.6 Å². The molecule has 2 amide bonds. The molecule has 0 saturated heterocycles. The second-order valence-electron chi connectivity index (χ2n) is 15.3. The molecular weight excluding hydrogens is 839 g/mol. The molecule has 2 aromatic heterocycles. The lowest BCUT2D eigenvalue weighted by Crippen LogP contribution is -2.44. The maximum Gasteiger partial charge on any atom is 0.257 e. The normalized spacial score (nSPS) is 17.8. The van der Waals surface area contributed by atoms with E-state index in [0.717, 1.165) is 38.9 Å². The molecule has 11 nitrogen and oxygen atoms in total. The summed E-state index contributed by atoms with van der Waals surface area (Å²) < 4.78 is 25.5. The van der Waals surface area contributed by atoms with Crippen LogP contribution in [0.4, 0.5) is 11.4 Å². The minimum atomic E-state index is -0.128. The summed E-state index contributed by atoms with van der Waals surface area (Å²) in [6.07, 6.45) is 5.25. The van der Waals surface area contributed by atoms with Gasteiger partial charge in [-0.3, -0.25) is 19.6 Å². The maximum absolute atomic E-state index is 13.9. The van der Waals surface area contributed by atoms with Crippen molar-refractivity contribution in [3.05, 3.63) is 112 Å². The van der Waals surface area contributed by atoms with Crippen LogP contribution in [0.15, 0.2) is 68.4 Å². The molecule has 0 spiro atoms. The second kappa shape index (κ2) is 15.6. The van der Waals surface area contributed by atoms with Crippen LogP contribution in [0.2, 0.25) is 0 Å². The molecule has 3 aromatic carbocycles. The molecule has 0 radical (unpaired) electrons. The highest BCUT2D eigenvalue weighted by atomic mass is 79.9. The number of thiophene rings is 2. The van der Waals surface area contributed by atoms with Crippen molar-refractivity contribution in [2.24, 2.45) is 9.98 Å². The van der Waals surface area contributed by atoms with Gasteiger partial charge < -0.3 is 33.6 Å². The van der Waals surface area contributed by atoms with Gasteiger partial charge >= 0.3 is 0 Å². The summed E-state index contributed by atoms with van der Waals surface area (Å²) in [5.74, 6) is 1.78. The Bertz CT molecular complexity index is 2360. The Morgan fingerprint density at radius 2 is 1.19 bits per heavy atom. The van der Waals surface area contributed by atoms with E-state index < -0.39 is 0 Å². The van der Waals surface area contributed by atoms with Gasteiger partial charge in [0.05, 0.1) is 52.6 Å². The predicted molar refractivity (Wildman–Crippen MR) is 231 cm³/mol. The van der Waals surface area contributed by atoms with Gasteiger partial charge in [-0.2, -0.15) is 0 Å². The smallest absolute Gasteiger partial charge is 0.257 e. The molecule has 14 heteroatoms. The SMILES string of the molecule is COc1cc2c(cc1OCc1cc(COc3cc4c(cc3OC)C(=O)N3Cc5cc(Br)sc5C[C@H]3C=N4)cc(CN(C)C)c1)N=C[C@@H]1Cc3sc(C)cc3CN1C2=O. The van der Waals surface area contributed by atoms with E-state index in [0.29, 0.717) is 65.1 Å². The molecule has 0 unspecified atom stereocenters. The summed E-state index contributed by atoms with van der Waals surface area (Å²) in [7, 11) is 7.22. The first-order chi connectivity index (χ1) is 28.0. The number of halogens is 1. The minimum absolute atomic E-state index is 0.0659.